The molecule has 0 saturated heterocycles. The van der Waals surface area contributed by atoms with Crippen molar-refractivity contribution in [1.82, 2.24) is 9.88 Å². The number of methoxy groups -OCH3 is 1. The fraction of sp³-hybridized carbons (Fsp3) is 0.444. The third-order valence-corrected chi connectivity index (χ3v) is 3.74. The molecule has 0 unspecified atom stereocenters. The molecule has 0 fully saturated rings. The van der Waals surface area contributed by atoms with Crippen molar-refractivity contribution < 1.29 is 13.9 Å². The van der Waals surface area contributed by atoms with E-state index in [1.54, 1.807) is 6.20 Å². The maximum Gasteiger partial charge on any atom is 0.306 e. The first-order valence-electron chi connectivity index (χ1n) is 7.97. The van der Waals surface area contributed by atoms with Crippen LogP contribution in [0.15, 0.2) is 34.9 Å². The number of rotatable bonds is 8. The van der Waals surface area contributed by atoms with E-state index in [1.807, 2.05) is 24.3 Å². The molecule has 0 aliphatic rings. The summed E-state index contributed by atoms with van der Waals surface area (Å²) >= 11 is 6.01. The smallest absolute Gasteiger partial charge is 0.306 e. The van der Waals surface area contributed by atoms with Crippen LogP contribution >= 0.6 is 11.6 Å². The molecule has 0 amide bonds. The van der Waals surface area contributed by atoms with Gasteiger partial charge in [-0.3, -0.25) is 9.69 Å². The number of esters is 1. The molecule has 0 spiro atoms. The predicted molar refractivity (Wildman–Crippen MR) is 93.7 cm³/mol. The van der Waals surface area contributed by atoms with Gasteiger partial charge in [0, 0.05) is 23.7 Å². The highest BCUT2D eigenvalue weighted by Gasteiger charge is 2.14. The summed E-state index contributed by atoms with van der Waals surface area (Å²) < 4.78 is 10.6. The van der Waals surface area contributed by atoms with E-state index in [9.17, 15) is 4.79 Å². The molecule has 0 bridgehead atoms. The maximum absolute atomic E-state index is 11.4. The second-order valence-corrected chi connectivity index (χ2v) is 6.52. The van der Waals surface area contributed by atoms with Gasteiger partial charge in [0.25, 0.3) is 0 Å². The van der Waals surface area contributed by atoms with E-state index in [4.69, 9.17) is 20.8 Å². The SMILES string of the molecule is COC(=O)CCN(Cc1ncc(-c2cccc(Cl)c2)o1)CC(C)C. The minimum Gasteiger partial charge on any atom is -0.469 e. The number of hydrogen-bond donors (Lipinski definition) is 0. The van der Waals surface area contributed by atoms with Gasteiger partial charge < -0.3 is 9.15 Å². The summed E-state index contributed by atoms with van der Waals surface area (Å²) in [5, 5.41) is 0.657. The summed E-state index contributed by atoms with van der Waals surface area (Å²) in [4.78, 5) is 17.9. The number of oxazole rings is 1. The molecule has 5 nitrogen and oxygen atoms in total. The first-order chi connectivity index (χ1) is 11.5. The van der Waals surface area contributed by atoms with Gasteiger partial charge in [-0.1, -0.05) is 37.6 Å². The number of aromatic nitrogens is 1. The van der Waals surface area contributed by atoms with Gasteiger partial charge in [-0.2, -0.15) is 0 Å². The molecule has 1 aromatic carbocycles. The van der Waals surface area contributed by atoms with Crippen molar-refractivity contribution in [2.45, 2.75) is 26.8 Å². The highest BCUT2D eigenvalue weighted by atomic mass is 35.5. The number of halogens is 1. The van der Waals surface area contributed by atoms with Crippen LogP contribution in [0.5, 0.6) is 0 Å². The Morgan fingerprint density at radius 1 is 1.42 bits per heavy atom. The van der Waals surface area contributed by atoms with Gasteiger partial charge >= 0.3 is 5.97 Å². The monoisotopic (exact) mass is 350 g/mol. The topological polar surface area (TPSA) is 55.6 Å². The average molecular weight is 351 g/mol. The van der Waals surface area contributed by atoms with Crippen molar-refractivity contribution >= 4 is 17.6 Å². The Kier molecular flexibility index (Phi) is 6.82. The number of nitrogens with zero attached hydrogens (tertiary/aromatic N) is 2. The van der Waals surface area contributed by atoms with Gasteiger partial charge in [-0.05, 0) is 18.1 Å². The molecule has 0 radical (unpaired) electrons. The van der Waals surface area contributed by atoms with Crippen LogP contribution in [0, 0.1) is 5.92 Å². The van der Waals surface area contributed by atoms with E-state index in [2.05, 4.69) is 23.7 Å². The molecule has 2 rings (SSSR count). The van der Waals surface area contributed by atoms with Crippen LogP contribution in [-0.2, 0) is 16.1 Å². The second-order valence-electron chi connectivity index (χ2n) is 6.08. The Balaban J connectivity index is 2.04. The third kappa shape index (κ3) is 5.65. The van der Waals surface area contributed by atoms with E-state index >= 15 is 0 Å². The molecule has 0 N–H and O–H groups in total. The Morgan fingerprint density at radius 3 is 2.88 bits per heavy atom. The molecular formula is C18H23ClN2O3. The number of carbonyl (C=O) groups excluding carboxylic acids is 1. The molecule has 0 aliphatic carbocycles. The van der Waals surface area contributed by atoms with Crippen molar-refractivity contribution in [3.63, 3.8) is 0 Å². The summed E-state index contributed by atoms with van der Waals surface area (Å²) in [7, 11) is 1.40. The summed E-state index contributed by atoms with van der Waals surface area (Å²) in [6, 6.07) is 7.47. The third-order valence-electron chi connectivity index (χ3n) is 3.50. The Morgan fingerprint density at radius 2 is 2.21 bits per heavy atom. The van der Waals surface area contributed by atoms with Crippen LogP contribution in [0.1, 0.15) is 26.2 Å². The normalized spacial score (nSPS) is 11.2. The second kappa shape index (κ2) is 8.85. The molecule has 1 heterocycles. The zero-order valence-corrected chi connectivity index (χ0v) is 15.0. The average Bonchev–Trinajstić information content (AvgIpc) is 3.00. The fourth-order valence-electron chi connectivity index (χ4n) is 2.45. The standard InChI is InChI=1S/C18H23ClN2O3/c1-13(2)11-21(8-7-18(22)23-3)12-17-20-10-16(24-17)14-5-4-6-15(19)9-14/h4-6,9-10,13H,7-8,11-12H2,1-3H3. The van der Waals surface area contributed by atoms with Crippen molar-refractivity contribution in [3.8, 4) is 11.3 Å². The van der Waals surface area contributed by atoms with E-state index in [1.165, 1.54) is 7.11 Å². The summed E-state index contributed by atoms with van der Waals surface area (Å²) in [5.74, 6) is 1.57. The van der Waals surface area contributed by atoms with Crippen LogP contribution in [0.2, 0.25) is 5.02 Å². The number of benzene rings is 1. The van der Waals surface area contributed by atoms with Gasteiger partial charge in [0.15, 0.2) is 5.76 Å². The summed E-state index contributed by atoms with van der Waals surface area (Å²) in [6.45, 7) is 6.29. The lowest BCUT2D eigenvalue weighted by Gasteiger charge is -2.22. The lowest BCUT2D eigenvalue weighted by molar-refractivity contribution is -0.141. The molecule has 2 aromatic rings. The first-order valence-corrected chi connectivity index (χ1v) is 8.35. The summed E-state index contributed by atoms with van der Waals surface area (Å²) in [6.07, 6.45) is 2.06. The minimum atomic E-state index is -0.212. The van der Waals surface area contributed by atoms with E-state index in [0.29, 0.717) is 42.1 Å². The molecule has 0 aliphatic heterocycles. The quantitative estimate of drug-likeness (QED) is 0.673. The Hall–Kier alpha value is -1.85. The lowest BCUT2D eigenvalue weighted by Crippen LogP contribution is -2.30. The van der Waals surface area contributed by atoms with Gasteiger partial charge in [0.05, 0.1) is 26.3 Å². The van der Waals surface area contributed by atoms with Crippen LogP contribution in [0.4, 0.5) is 0 Å². The summed E-state index contributed by atoms with van der Waals surface area (Å²) in [5.41, 5.74) is 0.895. The Bertz CT molecular complexity index is 670. The van der Waals surface area contributed by atoms with Crippen molar-refractivity contribution in [2.75, 3.05) is 20.2 Å². The first kappa shape index (κ1) is 18.5. The maximum atomic E-state index is 11.4. The van der Waals surface area contributed by atoms with Crippen molar-refractivity contribution in [1.29, 1.82) is 0 Å². The van der Waals surface area contributed by atoms with Crippen molar-refractivity contribution in [2.24, 2.45) is 5.92 Å². The van der Waals surface area contributed by atoms with Gasteiger partial charge in [0.2, 0.25) is 5.89 Å². The predicted octanol–water partition coefficient (Wildman–Crippen LogP) is 4.02. The van der Waals surface area contributed by atoms with Gasteiger partial charge in [-0.15, -0.1) is 0 Å². The fourth-order valence-corrected chi connectivity index (χ4v) is 2.64. The molecule has 6 heteroatoms. The minimum absolute atomic E-state index is 0.212. The zero-order chi connectivity index (χ0) is 17.5. The van der Waals surface area contributed by atoms with Crippen molar-refractivity contribution in [3.05, 3.63) is 41.4 Å². The van der Waals surface area contributed by atoms with Gasteiger partial charge in [-0.25, -0.2) is 4.98 Å². The Labute approximate surface area is 147 Å². The molecular weight excluding hydrogens is 328 g/mol. The molecule has 1 aromatic heterocycles. The van der Waals surface area contributed by atoms with E-state index in [-0.39, 0.29) is 5.97 Å². The molecule has 24 heavy (non-hydrogen) atoms. The number of carbonyl (C=O) groups is 1. The molecule has 130 valence electrons. The van der Waals surface area contributed by atoms with Gasteiger partial charge in [0.1, 0.15) is 0 Å². The highest BCUT2D eigenvalue weighted by Crippen LogP contribution is 2.24. The lowest BCUT2D eigenvalue weighted by atomic mass is 10.2. The van der Waals surface area contributed by atoms with E-state index in [0.717, 1.165) is 12.1 Å². The number of hydrogen-bond acceptors (Lipinski definition) is 5. The van der Waals surface area contributed by atoms with Crippen LogP contribution in [0.25, 0.3) is 11.3 Å². The molecule has 0 atom stereocenters. The highest BCUT2D eigenvalue weighted by molar-refractivity contribution is 6.30. The zero-order valence-electron chi connectivity index (χ0n) is 14.3. The van der Waals surface area contributed by atoms with Crippen LogP contribution < -0.4 is 0 Å². The van der Waals surface area contributed by atoms with Crippen LogP contribution in [-0.4, -0.2) is 36.1 Å². The van der Waals surface area contributed by atoms with E-state index < -0.39 is 0 Å². The molecule has 0 saturated carbocycles. The van der Waals surface area contributed by atoms with Crippen LogP contribution in [0.3, 0.4) is 0 Å². The largest absolute Gasteiger partial charge is 0.469 e. The number of ether oxygens (including phenoxy) is 1.